The third-order valence-electron chi connectivity index (χ3n) is 1.94. The molecule has 1 heterocycles. The Bertz CT molecular complexity index is 444. The van der Waals surface area contributed by atoms with E-state index in [1.807, 2.05) is 0 Å². The molecule has 0 aliphatic rings. The molecule has 4 nitrogen and oxygen atoms in total. The van der Waals surface area contributed by atoms with Crippen LogP contribution in [-0.2, 0) is 19.1 Å². The largest absolute Gasteiger partial charge is 0.462 e. The summed E-state index contributed by atoms with van der Waals surface area (Å²) in [6, 6.07) is 1.71. The van der Waals surface area contributed by atoms with Gasteiger partial charge in [-0.1, -0.05) is 11.6 Å². The zero-order valence-corrected chi connectivity index (χ0v) is 11.6. The number of hydrogen-bond acceptors (Lipinski definition) is 5. The highest BCUT2D eigenvalue weighted by Gasteiger charge is 2.21. The minimum Gasteiger partial charge on any atom is -0.462 e. The Morgan fingerprint density at radius 1 is 1.28 bits per heavy atom. The highest BCUT2D eigenvalue weighted by molar-refractivity contribution is 7.14. The number of esters is 2. The second-order valence-electron chi connectivity index (χ2n) is 3.15. The monoisotopic (exact) mass is 288 g/mol. The van der Waals surface area contributed by atoms with Crippen LogP contribution in [0.2, 0.25) is 4.34 Å². The zero-order chi connectivity index (χ0) is 13.5. The predicted molar refractivity (Wildman–Crippen MR) is 70.6 cm³/mol. The predicted octanol–water partition coefficient (Wildman–Crippen LogP) is 2.91. The summed E-state index contributed by atoms with van der Waals surface area (Å²) in [4.78, 5) is 23.3. The van der Waals surface area contributed by atoms with Gasteiger partial charge in [-0.2, -0.15) is 0 Å². The lowest BCUT2D eigenvalue weighted by atomic mass is 10.2. The Morgan fingerprint density at radius 3 is 2.22 bits per heavy atom. The van der Waals surface area contributed by atoms with E-state index in [1.165, 1.54) is 17.4 Å². The van der Waals surface area contributed by atoms with Crippen molar-refractivity contribution in [2.75, 3.05) is 13.2 Å². The van der Waals surface area contributed by atoms with Crippen LogP contribution < -0.4 is 0 Å². The second kappa shape index (κ2) is 7.18. The quantitative estimate of drug-likeness (QED) is 0.362. The average Bonchev–Trinajstić information content (AvgIpc) is 2.72. The van der Waals surface area contributed by atoms with Gasteiger partial charge in [-0.05, 0) is 31.4 Å². The smallest absolute Gasteiger partial charge is 0.345 e. The third-order valence-corrected chi connectivity index (χ3v) is 3.14. The summed E-state index contributed by atoms with van der Waals surface area (Å²) in [5.74, 6) is -1.42. The lowest BCUT2D eigenvalue weighted by Crippen LogP contribution is -2.18. The highest BCUT2D eigenvalue weighted by Crippen LogP contribution is 2.25. The van der Waals surface area contributed by atoms with Crippen LogP contribution in [0.25, 0.3) is 6.08 Å². The van der Waals surface area contributed by atoms with Gasteiger partial charge in [0.2, 0.25) is 0 Å². The fourth-order valence-corrected chi connectivity index (χ4v) is 2.05. The van der Waals surface area contributed by atoms with E-state index in [0.29, 0.717) is 9.90 Å². The minimum absolute atomic E-state index is 0.154. The molecule has 0 fully saturated rings. The molecule has 0 unspecified atom stereocenters. The molecule has 0 aliphatic carbocycles. The Labute approximate surface area is 114 Å². The summed E-state index contributed by atoms with van der Waals surface area (Å²) in [6.07, 6.45) is 1.38. The Morgan fingerprint density at radius 2 is 1.83 bits per heavy atom. The molecule has 1 aromatic heterocycles. The van der Waals surface area contributed by atoms with Crippen LogP contribution in [0.5, 0.6) is 0 Å². The molecule has 0 radical (unpaired) electrons. The molecule has 0 atom stereocenters. The third kappa shape index (κ3) is 3.85. The molecular weight excluding hydrogens is 276 g/mol. The number of carbonyl (C=O) groups excluding carboxylic acids is 2. The molecule has 0 spiro atoms. The van der Waals surface area contributed by atoms with Crippen LogP contribution in [0, 0.1) is 0 Å². The van der Waals surface area contributed by atoms with E-state index >= 15 is 0 Å². The maximum absolute atomic E-state index is 11.7. The van der Waals surface area contributed by atoms with E-state index < -0.39 is 11.9 Å². The van der Waals surface area contributed by atoms with Crippen LogP contribution in [0.4, 0.5) is 0 Å². The van der Waals surface area contributed by atoms with Crippen molar-refractivity contribution in [3.8, 4) is 0 Å². The van der Waals surface area contributed by atoms with Crippen LogP contribution in [-0.4, -0.2) is 25.2 Å². The van der Waals surface area contributed by atoms with Gasteiger partial charge in [-0.25, -0.2) is 9.59 Å². The maximum Gasteiger partial charge on any atom is 0.345 e. The summed E-state index contributed by atoms with van der Waals surface area (Å²) in [5.41, 5.74) is 0.441. The van der Waals surface area contributed by atoms with Gasteiger partial charge in [0, 0.05) is 5.56 Å². The van der Waals surface area contributed by atoms with Crippen LogP contribution >= 0.6 is 22.9 Å². The molecule has 18 heavy (non-hydrogen) atoms. The van der Waals surface area contributed by atoms with Crippen molar-refractivity contribution < 1.29 is 19.1 Å². The number of carbonyl (C=O) groups is 2. The first-order chi connectivity index (χ1) is 8.60. The molecule has 1 rings (SSSR count). The van der Waals surface area contributed by atoms with Crippen molar-refractivity contribution in [3.63, 3.8) is 0 Å². The minimum atomic E-state index is -0.710. The molecule has 6 heteroatoms. The van der Waals surface area contributed by atoms with Crippen LogP contribution in [0.15, 0.2) is 17.0 Å². The summed E-state index contributed by atoms with van der Waals surface area (Å²) >= 11 is 7.23. The first-order valence-electron chi connectivity index (χ1n) is 5.39. The number of halogens is 1. The SMILES string of the molecule is CCOC(=O)C(=Cc1ccsc1Cl)C(=O)OCC. The Hall–Kier alpha value is -1.33. The van der Waals surface area contributed by atoms with Crippen LogP contribution in [0.3, 0.4) is 0 Å². The highest BCUT2D eigenvalue weighted by atomic mass is 35.5. The van der Waals surface area contributed by atoms with Crippen molar-refractivity contribution in [2.24, 2.45) is 0 Å². The normalized spacial score (nSPS) is 9.72. The van der Waals surface area contributed by atoms with Crippen molar-refractivity contribution in [1.29, 1.82) is 0 Å². The first kappa shape index (κ1) is 14.7. The summed E-state index contributed by atoms with van der Waals surface area (Å²) in [7, 11) is 0. The molecular formula is C12H13ClO4S. The van der Waals surface area contributed by atoms with Gasteiger partial charge >= 0.3 is 11.9 Å². The molecule has 0 saturated carbocycles. The molecule has 0 saturated heterocycles. The number of hydrogen-bond donors (Lipinski definition) is 0. The lowest BCUT2D eigenvalue weighted by Gasteiger charge is -2.06. The molecule has 0 aliphatic heterocycles. The number of rotatable bonds is 5. The van der Waals surface area contributed by atoms with E-state index in [-0.39, 0.29) is 18.8 Å². The number of ether oxygens (including phenoxy) is 2. The zero-order valence-electron chi connectivity index (χ0n) is 10.1. The van der Waals surface area contributed by atoms with E-state index in [4.69, 9.17) is 21.1 Å². The van der Waals surface area contributed by atoms with Gasteiger partial charge in [0.25, 0.3) is 0 Å². The first-order valence-corrected chi connectivity index (χ1v) is 6.64. The average molecular weight is 289 g/mol. The van der Waals surface area contributed by atoms with Gasteiger partial charge in [0.1, 0.15) is 9.91 Å². The van der Waals surface area contributed by atoms with E-state index in [1.54, 1.807) is 25.3 Å². The molecule has 1 aromatic rings. The molecule has 0 N–H and O–H groups in total. The molecule has 0 bridgehead atoms. The van der Waals surface area contributed by atoms with Gasteiger partial charge in [0.05, 0.1) is 13.2 Å². The summed E-state index contributed by atoms with van der Waals surface area (Å²) in [6.45, 7) is 3.70. The van der Waals surface area contributed by atoms with E-state index in [9.17, 15) is 9.59 Å². The van der Waals surface area contributed by atoms with Gasteiger partial charge in [-0.15, -0.1) is 11.3 Å². The van der Waals surface area contributed by atoms with Gasteiger partial charge in [-0.3, -0.25) is 0 Å². The fourth-order valence-electron chi connectivity index (χ4n) is 1.18. The fraction of sp³-hybridized carbons (Fsp3) is 0.333. The van der Waals surface area contributed by atoms with E-state index in [2.05, 4.69) is 0 Å². The van der Waals surface area contributed by atoms with E-state index in [0.717, 1.165) is 0 Å². The molecule has 0 aromatic carbocycles. The van der Waals surface area contributed by atoms with Crippen molar-refractivity contribution in [2.45, 2.75) is 13.8 Å². The standard InChI is InChI=1S/C12H13ClO4S/c1-3-16-11(14)9(12(15)17-4-2)7-8-5-6-18-10(8)13/h5-7H,3-4H2,1-2H3. The Balaban J connectivity index is 3.04. The molecule has 0 amide bonds. The van der Waals surface area contributed by atoms with Crippen molar-refractivity contribution >= 4 is 41.0 Å². The second-order valence-corrected chi connectivity index (χ2v) is 4.67. The maximum atomic E-state index is 11.7. The summed E-state index contributed by atoms with van der Waals surface area (Å²) in [5, 5.41) is 1.77. The lowest BCUT2D eigenvalue weighted by molar-refractivity contribution is -0.146. The topological polar surface area (TPSA) is 52.6 Å². The van der Waals surface area contributed by atoms with Crippen molar-refractivity contribution in [3.05, 3.63) is 26.9 Å². The molecule has 98 valence electrons. The van der Waals surface area contributed by atoms with Gasteiger partial charge < -0.3 is 9.47 Å². The number of thiophene rings is 1. The van der Waals surface area contributed by atoms with Gasteiger partial charge in [0.15, 0.2) is 0 Å². The van der Waals surface area contributed by atoms with Crippen LogP contribution in [0.1, 0.15) is 19.4 Å². The summed E-state index contributed by atoms with van der Waals surface area (Å²) < 4.78 is 10.1. The Kier molecular flexibility index (Phi) is 5.88. The van der Waals surface area contributed by atoms with Crippen molar-refractivity contribution in [1.82, 2.24) is 0 Å².